The van der Waals surface area contributed by atoms with Gasteiger partial charge < -0.3 is 75.1 Å². The highest BCUT2D eigenvalue weighted by Gasteiger charge is 2.71. The number of allylic oxidation sites excluding steroid dienone is 1. The minimum Gasteiger partial charge on any atom is -0.493 e. The van der Waals surface area contributed by atoms with Crippen molar-refractivity contribution in [3.63, 3.8) is 0 Å². The van der Waals surface area contributed by atoms with Gasteiger partial charge in [0.25, 0.3) is 0 Å². The SMILES string of the molecule is COc1ccc2c(c1OCCO)O[C@H]1c3c(cc4c(c3CN3C=C5N=CC=C5C3)C[C@H]3CC[C@@]5(O)[C@@H]([C@H](OC(=O)CC(=O)O)C(N)N)O[C@@H](O4)[C@]3(O)[C@H]5O)O[C@H](Cc3ccccc3)[C@@H]21. The second-order valence-corrected chi connectivity index (χ2v) is 17.5. The molecule has 0 radical (unpaired) electrons. The number of aliphatic hydroxyl groups excluding tert-OH is 2. The van der Waals surface area contributed by atoms with Crippen LogP contribution in [0.25, 0.3) is 0 Å². The van der Waals surface area contributed by atoms with Gasteiger partial charge in [-0.25, -0.2) is 0 Å². The molecule has 1 saturated heterocycles. The maximum absolute atomic E-state index is 12.7. The van der Waals surface area contributed by atoms with Crippen LogP contribution in [0.2, 0.25) is 0 Å². The lowest BCUT2D eigenvalue weighted by Gasteiger charge is -2.60. The van der Waals surface area contributed by atoms with E-state index < -0.39 is 78.5 Å². The van der Waals surface area contributed by atoms with E-state index in [1.165, 1.54) is 7.11 Å². The van der Waals surface area contributed by atoms with Crippen molar-refractivity contribution in [2.24, 2.45) is 22.4 Å². The van der Waals surface area contributed by atoms with Crippen molar-refractivity contribution < 1.29 is 68.3 Å². The molecule has 0 spiro atoms. The summed E-state index contributed by atoms with van der Waals surface area (Å²) in [6.45, 7) is 0.659. The Morgan fingerprint density at radius 2 is 1.89 bits per heavy atom. The molecule has 338 valence electrons. The number of nitrogens with two attached hydrogens (primary N) is 2. The zero-order valence-electron chi connectivity index (χ0n) is 34.9. The molecule has 1 aliphatic carbocycles. The lowest BCUT2D eigenvalue weighted by molar-refractivity contribution is -0.384. The number of fused-ring (bicyclic) bond motifs is 8. The number of carboxylic acid groups (broad SMARTS) is 1. The van der Waals surface area contributed by atoms with E-state index >= 15 is 0 Å². The van der Waals surface area contributed by atoms with Crippen LogP contribution in [0.4, 0.5) is 0 Å². The number of nitrogens with zero attached hydrogens (tertiary/aromatic N) is 2. The highest BCUT2D eigenvalue weighted by Crippen LogP contribution is 2.61. The number of hydrogen-bond donors (Lipinski definition) is 7. The van der Waals surface area contributed by atoms with Crippen LogP contribution in [0, 0.1) is 5.92 Å². The Morgan fingerprint density at radius 3 is 2.62 bits per heavy atom. The third-order valence-corrected chi connectivity index (χ3v) is 13.7. The molecule has 10 atom stereocenters. The predicted octanol–water partition coefficient (Wildman–Crippen LogP) is 1.48. The fourth-order valence-corrected chi connectivity index (χ4v) is 10.8. The number of aliphatic hydroxyl groups is 4. The third-order valence-electron chi connectivity index (χ3n) is 13.7. The molecule has 3 aromatic rings. The van der Waals surface area contributed by atoms with Gasteiger partial charge in [0.2, 0.25) is 12.0 Å². The summed E-state index contributed by atoms with van der Waals surface area (Å²) >= 11 is 0. The molecular weight excluding hydrogens is 833 g/mol. The highest BCUT2D eigenvalue weighted by molar-refractivity contribution is 5.90. The monoisotopic (exact) mass is 882 g/mol. The van der Waals surface area contributed by atoms with Crippen molar-refractivity contribution in [3.8, 4) is 28.7 Å². The van der Waals surface area contributed by atoms with Gasteiger partial charge in [0.05, 0.1) is 31.5 Å². The van der Waals surface area contributed by atoms with Gasteiger partial charge in [0.1, 0.15) is 54.5 Å². The number of carboxylic acids is 1. The van der Waals surface area contributed by atoms with Crippen molar-refractivity contribution in [1.29, 1.82) is 0 Å². The molecule has 7 aliphatic rings. The average molecular weight is 883 g/mol. The summed E-state index contributed by atoms with van der Waals surface area (Å²) < 4.78 is 44.5. The summed E-state index contributed by atoms with van der Waals surface area (Å²) in [4.78, 5) is 30.7. The van der Waals surface area contributed by atoms with Crippen LogP contribution in [0.3, 0.4) is 0 Å². The first-order chi connectivity index (χ1) is 30.8. The summed E-state index contributed by atoms with van der Waals surface area (Å²) in [5.74, 6) is -1.77. The number of carbonyl (C=O) groups excluding carboxylic acids is 1. The molecule has 0 amide bonds. The number of benzene rings is 3. The first kappa shape index (κ1) is 42.2. The quantitative estimate of drug-likeness (QED) is 0.0728. The van der Waals surface area contributed by atoms with Crippen LogP contribution in [-0.2, 0) is 38.4 Å². The van der Waals surface area contributed by atoms with Crippen molar-refractivity contribution in [1.82, 2.24) is 4.90 Å². The third kappa shape index (κ3) is 6.78. The minimum atomic E-state index is -2.25. The van der Waals surface area contributed by atoms with Gasteiger partial charge in [0.15, 0.2) is 23.2 Å². The summed E-state index contributed by atoms with van der Waals surface area (Å²) in [5.41, 5.74) is 13.7. The van der Waals surface area contributed by atoms with E-state index in [1.54, 1.807) is 12.3 Å². The van der Waals surface area contributed by atoms with Crippen LogP contribution in [0.1, 0.15) is 59.1 Å². The molecule has 10 rings (SSSR count). The molecule has 6 heterocycles. The molecule has 2 fully saturated rings. The highest BCUT2D eigenvalue weighted by atomic mass is 16.7. The lowest BCUT2D eigenvalue weighted by atomic mass is 9.60. The van der Waals surface area contributed by atoms with Gasteiger partial charge in [-0.2, -0.15) is 0 Å². The van der Waals surface area contributed by atoms with Crippen molar-refractivity contribution >= 4 is 18.2 Å². The van der Waals surface area contributed by atoms with Gasteiger partial charge in [-0.3, -0.25) is 14.6 Å². The molecule has 18 heteroatoms. The summed E-state index contributed by atoms with van der Waals surface area (Å²) in [7, 11) is 1.54. The molecule has 64 heavy (non-hydrogen) atoms. The topological polar surface area (TPSA) is 268 Å². The standard InChI is InChI=1S/C46H50N4O14/c1-58-29-8-7-25-35-31(15-22-5-3-2-4-6-22)60-32-17-30-26(27(20-50-19-23-10-12-49-28(23)21-50)36(32)39(35)63-37(25)38(29)59-14-13-51)16-24-9-11-45(56)41(64-44(61-30)46(24,57)43(45)55)40(42(47)48)62-34(54)18-33(52)53/h2-8,10,12,17,21,24,31,35,39-44,51,55-57H,9,11,13-16,18-20,47-48H2,1H3,(H,52,53)/t24-,31-,35-,39-,40+,41-,43+,44-,45-,46-/m1/s1. The predicted molar refractivity (Wildman–Crippen MR) is 224 cm³/mol. The van der Waals surface area contributed by atoms with Gasteiger partial charge in [-0.15, -0.1) is 0 Å². The molecule has 9 N–H and O–H groups in total. The maximum atomic E-state index is 12.7. The Morgan fingerprint density at radius 1 is 1.08 bits per heavy atom. The number of rotatable bonds is 13. The van der Waals surface area contributed by atoms with E-state index in [1.807, 2.05) is 54.7 Å². The van der Waals surface area contributed by atoms with Crippen molar-refractivity contribution in [3.05, 3.63) is 99.9 Å². The number of hydrogen-bond acceptors (Lipinski definition) is 17. The second-order valence-electron chi connectivity index (χ2n) is 17.5. The largest absolute Gasteiger partial charge is 0.493 e. The molecule has 18 nitrogen and oxygen atoms in total. The summed E-state index contributed by atoms with van der Waals surface area (Å²) in [6, 6.07) is 15.5. The van der Waals surface area contributed by atoms with E-state index in [-0.39, 0.29) is 44.1 Å². The fraction of sp³-hybridized carbons (Fsp3) is 0.457. The summed E-state index contributed by atoms with van der Waals surface area (Å²) in [5, 5.41) is 56.1. The van der Waals surface area contributed by atoms with Crippen molar-refractivity contribution in [2.45, 2.75) is 98.7 Å². The molecule has 2 bridgehead atoms. The molecule has 6 aliphatic heterocycles. The normalized spacial score (nSPS) is 30.5. The minimum absolute atomic E-state index is 0.00218. The number of esters is 1. The van der Waals surface area contributed by atoms with Crippen LogP contribution in [0.15, 0.2) is 77.1 Å². The Balaban J connectivity index is 1.12. The Bertz CT molecular complexity index is 2460. The fourth-order valence-electron chi connectivity index (χ4n) is 10.8. The number of aliphatic imine (C=N–C) groups is 1. The number of ether oxygens (including phenoxy) is 7. The van der Waals surface area contributed by atoms with Crippen LogP contribution < -0.4 is 35.2 Å². The summed E-state index contributed by atoms with van der Waals surface area (Å²) in [6.07, 6.45) is -4.12. The van der Waals surface area contributed by atoms with Gasteiger partial charge in [-0.1, -0.05) is 36.4 Å². The van der Waals surface area contributed by atoms with Crippen LogP contribution >= 0.6 is 0 Å². The molecule has 0 aromatic heterocycles. The van der Waals surface area contributed by atoms with Crippen molar-refractivity contribution in [2.75, 3.05) is 26.9 Å². The van der Waals surface area contributed by atoms with E-state index in [4.69, 9.17) is 44.6 Å². The molecule has 1 saturated carbocycles. The Kier molecular flexibility index (Phi) is 10.6. The van der Waals surface area contributed by atoms with E-state index in [9.17, 15) is 35.1 Å². The Hall–Kier alpha value is -5.73. The molecular formula is C46H50N4O14. The first-order valence-electron chi connectivity index (χ1n) is 21.4. The Labute approximate surface area is 367 Å². The lowest BCUT2D eigenvalue weighted by Crippen LogP contribution is -2.80. The van der Waals surface area contributed by atoms with Gasteiger partial charge >= 0.3 is 11.9 Å². The maximum Gasteiger partial charge on any atom is 0.317 e. The first-order valence-corrected chi connectivity index (χ1v) is 21.4. The van der Waals surface area contributed by atoms with Crippen LogP contribution in [-0.4, -0.2) is 124 Å². The zero-order valence-corrected chi connectivity index (χ0v) is 34.9. The molecule has 3 aromatic carbocycles. The number of carbonyl (C=O) groups is 2. The average Bonchev–Trinajstić information content (AvgIpc) is 3.96. The van der Waals surface area contributed by atoms with E-state index in [0.717, 1.165) is 33.5 Å². The van der Waals surface area contributed by atoms with Gasteiger partial charge in [0, 0.05) is 66.2 Å². The van der Waals surface area contributed by atoms with Gasteiger partial charge in [-0.05, 0) is 42.5 Å². The number of aliphatic carboxylic acids is 1. The second kappa shape index (κ2) is 16.1. The molecule has 0 unspecified atom stereocenters. The van der Waals surface area contributed by atoms with Crippen LogP contribution in [0.5, 0.6) is 28.7 Å². The number of methoxy groups -OCH3 is 1. The van der Waals surface area contributed by atoms with E-state index in [0.29, 0.717) is 48.1 Å². The zero-order chi connectivity index (χ0) is 44.7. The van der Waals surface area contributed by atoms with E-state index in [2.05, 4.69) is 9.89 Å². The smallest absolute Gasteiger partial charge is 0.317 e.